The van der Waals surface area contributed by atoms with Gasteiger partial charge in [-0.25, -0.2) is 4.79 Å². The van der Waals surface area contributed by atoms with Crippen LogP contribution >= 0.6 is 0 Å². The maximum atomic E-state index is 14.1. The highest BCUT2D eigenvalue weighted by Gasteiger charge is 2.43. The normalized spacial score (nSPS) is 17.7. The van der Waals surface area contributed by atoms with Crippen LogP contribution in [-0.4, -0.2) is 363 Å². The number of hydrogen-bond acceptors (Lipinski definition) is 31. The summed E-state index contributed by atoms with van der Waals surface area (Å²) in [6, 6.07) is -25.5. The molecule has 2 rings (SSSR count). The Balaban J connectivity index is 2.11. The van der Waals surface area contributed by atoms with Crippen molar-refractivity contribution in [2.45, 2.75) is 280 Å². The predicted octanol–water partition coefficient (Wildman–Crippen LogP) is -15.0. The van der Waals surface area contributed by atoms with Crippen LogP contribution in [-0.2, 0) is 101 Å². The second-order valence-electron chi connectivity index (χ2n) is 31.8. The molecule has 52 nitrogen and oxygen atoms in total. The van der Waals surface area contributed by atoms with Gasteiger partial charge in [-0.2, -0.15) is 0 Å². The van der Waals surface area contributed by atoms with E-state index in [0.717, 1.165) is 25.7 Å². The Morgan fingerprint density at radius 3 is 1.15 bits per heavy atom. The van der Waals surface area contributed by atoms with Crippen molar-refractivity contribution in [3.8, 4) is 0 Å². The maximum Gasteiger partial charge on any atom is 0.328 e. The summed E-state index contributed by atoms with van der Waals surface area (Å²) in [4.78, 5) is 282. The molecule has 0 aromatic heterocycles. The van der Waals surface area contributed by atoms with E-state index >= 15 is 0 Å². The van der Waals surface area contributed by atoms with E-state index in [1.54, 1.807) is 0 Å². The minimum Gasteiger partial charge on any atom is -0.480 e. The summed E-state index contributed by atoms with van der Waals surface area (Å²) in [5.41, 5.74) is 28.0. The van der Waals surface area contributed by atoms with Crippen molar-refractivity contribution in [2.24, 2.45) is 34.6 Å². The second kappa shape index (κ2) is 58.1. The van der Waals surface area contributed by atoms with Crippen LogP contribution in [0.4, 0.5) is 0 Å². The third kappa shape index (κ3) is 39.1. The minimum atomic E-state index is -1.86. The van der Waals surface area contributed by atoms with Gasteiger partial charge in [0.15, 0.2) is 0 Å². The van der Waals surface area contributed by atoms with Crippen molar-refractivity contribution >= 4 is 124 Å². The highest BCUT2D eigenvalue weighted by Crippen LogP contribution is 2.21. The number of carbonyl (C=O) groups is 21. The van der Waals surface area contributed by atoms with Gasteiger partial charge in [-0.1, -0.05) is 13.8 Å². The number of amides is 20. The fraction of sp³-hybridized carbons (Fsp3) is 0.727. The first-order valence-corrected chi connectivity index (χ1v) is 42.6. The Morgan fingerprint density at radius 1 is 0.349 bits per heavy atom. The predicted molar refractivity (Wildman–Crippen MR) is 452 cm³/mol. The quantitative estimate of drug-likeness (QED) is 0.0251. The molecule has 20 amide bonds. The number of aliphatic carboxylic acids is 1. The summed E-state index contributed by atoms with van der Waals surface area (Å²) in [5, 5.41) is 109. The highest BCUT2D eigenvalue weighted by atomic mass is 16.4. The summed E-state index contributed by atoms with van der Waals surface area (Å²) < 4.78 is 0. The van der Waals surface area contributed by atoms with Gasteiger partial charge in [0.1, 0.15) is 103 Å². The molecular weight excluding hydrogens is 1710 g/mol. The van der Waals surface area contributed by atoms with Crippen LogP contribution in [0.15, 0.2) is 0 Å². The van der Waals surface area contributed by atoms with E-state index in [1.165, 1.54) is 46.4 Å². The lowest BCUT2D eigenvalue weighted by atomic mass is 10.0. The Labute approximate surface area is 744 Å². The van der Waals surface area contributed by atoms with Crippen LogP contribution < -0.4 is 119 Å². The van der Waals surface area contributed by atoms with Gasteiger partial charge in [0, 0.05) is 19.5 Å². The molecule has 0 bridgehead atoms. The Bertz CT molecular complexity index is 3840. The number of aliphatic hydroxyl groups is 6. The molecule has 0 saturated carbocycles. The van der Waals surface area contributed by atoms with E-state index in [4.69, 9.17) is 28.7 Å². The van der Waals surface area contributed by atoms with Gasteiger partial charge in [-0.05, 0) is 164 Å². The third-order valence-corrected chi connectivity index (χ3v) is 20.7. The molecule has 0 aliphatic carbocycles. The van der Waals surface area contributed by atoms with E-state index in [0.29, 0.717) is 32.1 Å². The van der Waals surface area contributed by atoms with E-state index in [-0.39, 0.29) is 84.1 Å². The van der Waals surface area contributed by atoms with E-state index < -0.39 is 303 Å². The zero-order chi connectivity index (χ0) is 97.8. The first-order chi connectivity index (χ1) is 60.6. The molecule has 0 spiro atoms. The number of rotatable bonds is 59. The first kappa shape index (κ1) is 114. The number of nitrogens with one attached hydrogen (secondary N) is 17. The SMILES string of the molecule is CC(C)[C@H](NC(=O)[C@@H](NC(=O)[C@H](C)NC(=O)[C@H](CO)NC(=O)[C@@H](N)[C@@H](C)O)[C@@H](C)O)C(=O)NCC(=O)N1CCC[C@H]1C(=O)N[C@@H](CCCCN)C(=O)N[C@@H](C)C(=O)N1CCC[C@H]1C(=O)N[C@@H](CO)C(=O)NCC(=O)NCC(=O)N[C@@H](CCCCN)C(=O)N[C@@H](CCCCN)C(=O)N[C@@H](C)C(=O)N[C@H](C(=O)N[C@@H](CCC(N)=O)C(=O)N[C@@H](C)C(=O)N[C@@H](CO)C(=O)O)[C@@H](C)O. The van der Waals surface area contributed by atoms with Gasteiger partial charge in [-0.15, -0.1) is 0 Å². The van der Waals surface area contributed by atoms with Crippen LogP contribution in [0.5, 0.6) is 0 Å². The Hall–Kier alpha value is -11.5. The number of hydrogen-bond donors (Lipinski definition) is 29. The van der Waals surface area contributed by atoms with Crippen molar-refractivity contribution in [2.75, 3.05) is 72.2 Å². The van der Waals surface area contributed by atoms with Crippen LogP contribution in [0.2, 0.25) is 0 Å². The van der Waals surface area contributed by atoms with Crippen molar-refractivity contribution in [1.82, 2.24) is 100 Å². The molecule has 52 heteroatoms. The fourth-order valence-electron chi connectivity index (χ4n) is 13.0. The lowest BCUT2D eigenvalue weighted by Gasteiger charge is -2.30. The molecule has 2 aliphatic heterocycles. The number of primary amides is 1. The summed E-state index contributed by atoms with van der Waals surface area (Å²) in [5.74, 6) is -21.5. The number of likely N-dealkylation sites (tertiary alicyclic amines) is 2. The summed E-state index contributed by atoms with van der Waals surface area (Å²) in [6.07, 6.45) is -3.08. The van der Waals surface area contributed by atoms with E-state index in [9.17, 15) is 136 Å². The molecule has 730 valence electrons. The van der Waals surface area contributed by atoms with Crippen LogP contribution in [0.1, 0.15) is 159 Å². The average molecular weight is 1840 g/mol. The molecule has 2 saturated heterocycles. The lowest BCUT2D eigenvalue weighted by Crippen LogP contribution is -2.61. The first-order valence-electron chi connectivity index (χ1n) is 42.6. The monoisotopic (exact) mass is 1840 g/mol. The Kier molecular flexibility index (Phi) is 51.1. The summed E-state index contributed by atoms with van der Waals surface area (Å²) in [7, 11) is 0. The lowest BCUT2D eigenvalue weighted by molar-refractivity contribution is -0.143. The van der Waals surface area contributed by atoms with Crippen molar-refractivity contribution < 1.29 is 136 Å². The molecular formula is C77H134N24O28. The summed E-state index contributed by atoms with van der Waals surface area (Å²) >= 11 is 0. The molecule has 0 radical (unpaired) electrons. The van der Waals surface area contributed by atoms with Crippen molar-refractivity contribution in [3.05, 3.63) is 0 Å². The molecule has 34 N–H and O–H groups in total. The topological polar surface area (TPSA) is 841 Å². The van der Waals surface area contributed by atoms with E-state index in [1.807, 2.05) is 5.32 Å². The van der Waals surface area contributed by atoms with Crippen LogP contribution in [0.3, 0.4) is 0 Å². The zero-order valence-electron chi connectivity index (χ0n) is 74.0. The molecule has 20 atom stereocenters. The molecule has 0 unspecified atom stereocenters. The van der Waals surface area contributed by atoms with Gasteiger partial charge in [-0.3, -0.25) is 95.9 Å². The zero-order valence-corrected chi connectivity index (χ0v) is 74.0. The smallest absolute Gasteiger partial charge is 0.328 e. The standard InChI is InChI=1S/C77H134N24O28/c1-36(2)58(97-75(126)60(43(9)107)99-63(114)39(5)88-69(120)49(34-103)95-72(123)57(82)41(7)105)73(124)85-32-56(111)100-28-16-21-51(100)70(121)92-46(20-12-15-27-80)66(117)89-40(6)76(127)101-29-17-22-52(101)71(122)94-48(33-102)64(115)84-30-54(109)83-31-55(110)90-44(18-10-13-25-78)68(119)91-45(19-11-14-26-79)65(116)87-38(4)62(113)98-59(42(8)106)74(125)93-47(23-24-53(81)108)67(118)86-37(3)61(112)96-50(35-104)77(128)129/h36-52,57-60,102-107H,10-35,78-80,82H2,1-9H3,(H2,81,108)(H,83,109)(H,84,115)(H,85,124)(H,86,118)(H,87,116)(H,88,120)(H,89,117)(H,90,110)(H,91,119)(H,92,121)(H,93,125)(H,94,122)(H,95,123)(H,96,112)(H,97,126)(H,98,113)(H,99,114)(H,128,129)/t37-,38-,39-,40-,41+,42+,43+,44-,45-,46-,47-,48-,49-,50-,51-,52-,57-,58-,59-,60-/m0/s1. The van der Waals surface area contributed by atoms with Gasteiger partial charge >= 0.3 is 5.97 Å². The number of nitrogens with two attached hydrogens (primary N) is 5. The van der Waals surface area contributed by atoms with Gasteiger partial charge in [0.25, 0.3) is 0 Å². The largest absolute Gasteiger partial charge is 0.480 e. The third-order valence-electron chi connectivity index (χ3n) is 20.7. The van der Waals surface area contributed by atoms with Crippen molar-refractivity contribution in [3.63, 3.8) is 0 Å². The number of unbranched alkanes of at least 4 members (excludes halogenated alkanes) is 3. The van der Waals surface area contributed by atoms with Gasteiger partial charge < -0.3 is 165 Å². The number of nitrogens with zero attached hydrogens (tertiary/aromatic N) is 2. The number of aliphatic hydroxyl groups excluding tert-OH is 6. The average Bonchev–Trinajstić information content (AvgIpc) is 1.88. The minimum absolute atomic E-state index is 0.0000496. The Morgan fingerprint density at radius 2 is 0.705 bits per heavy atom. The molecule has 2 heterocycles. The highest BCUT2D eigenvalue weighted by molar-refractivity contribution is 6.02. The summed E-state index contributed by atoms with van der Waals surface area (Å²) in [6.45, 7) is 6.62. The fourth-order valence-corrected chi connectivity index (χ4v) is 13.0. The molecule has 2 fully saturated rings. The molecule has 2 aliphatic rings. The number of carboxylic acids is 1. The second-order valence-corrected chi connectivity index (χ2v) is 31.8. The van der Waals surface area contributed by atoms with Crippen LogP contribution in [0, 0.1) is 5.92 Å². The van der Waals surface area contributed by atoms with Gasteiger partial charge in [0.2, 0.25) is 118 Å². The number of carbonyl (C=O) groups excluding carboxylic acids is 20. The molecule has 0 aromatic carbocycles. The van der Waals surface area contributed by atoms with Crippen molar-refractivity contribution in [1.29, 1.82) is 0 Å². The number of carboxylic acid groups (broad SMARTS) is 1. The van der Waals surface area contributed by atoms with Crippen LogP contribution in [0.25, 0.3) is 0 Å². The van der Waals surface area contributed by atoms with Gasteiger partial charge in [0.05, 0.1) is 57.8 Å². The molecule has 0 aromatic rings. The van der Waals surface area contributed by atoms with E-state index in [2.05, 4.69) is 85.1 Å². The maximum absolute atomic E-state index is 14.1. The molecule has 129 heavy (non-hydrogen) atoms.